The molecule has 0 radical (unpaired) electrons. The van der Waals surface area contributed by atoms with E-state index >= 15 is 0 Å². The standard InChI is InChI=1S/C16H21N3OS/c1-2-8-20-15(3-1)16-5-4-13(21-16)11-19-7-6-14-12(10-19)9-17-18-14/h4-5,9,15H,1-3,6-8,10-11H2,(H,17,18). The lowest BCUT2D eigenvalue weighted by atomic mass is 10.1. The maximum Gasteiger partial charge on any atom is 0.0916 e. The van der Waals surface area contributed by atoms with Crippen molar-refractivity contribution in [2.45, 2.75) is 44.9 Å². The molecule has 2 aromatic heterocycles. The summed E-state index contributed by atoms with van der Waals surface area (Å²) in [5.74, 6) is 0. The van der Waals surface area contributed by atoms with Crippen molar-refractivity contribution in [2.75, 3.05) is 13.2 Å². The summed E-state index contributed by atoms with van der Waals surface area (Å²) in [5, 5.41) is 7.24. The Hall–Kier alpha value is -1.17. The van der Waals surface area contributed by atoms with Gasteiger partial charge in [-0.1, -0.05) is 0 Å². The molecule has 4 rings (SSSR count). The lowest BCUT2D eigenvalue weighted by Crippen LogP contribution is -2.29. The van der Waals surface area contributed by atoms with Gasteiger partial charge in [-0.25, -0.2) is 0 Å². The van der Waals surface area contributed by atoms with Crippen LogP contribution >= 0.6 is 11.3 Å². The van der Waals surface area contributed by atoms with Crippen LogP contribution in [0.15, 0.2) is 18.3 Å². The molecule has 4 heterocycles. The largest absolute Gasteiger partial charge is 0.373 e. The number of H-pyrrole nitrogens is 1. The van der Waals surface area contributed by atoms with Gasteiger partial charge in [0.1, 0.15) is 0 Å². The molecule has 21 heavy (non-hydrogen) atoms. The van der Waals surface area contributed by atoms with Gasteiger partial charge in [-0.15, -0.1) is 11.3 Å². The maximum atomic E-state index is 5.89. The summed E-state index contributed by atoms with van der Waals surface area (Å²) < 4.78 is 5.89. The Morgan fingerprint density at radius 1 is 1.38 bits per heavy atom. The highest BCUT2D eigenvalue weighted by Gasteiger charge is 2.20. The summed E-state index contributed by atoms with van der Waals surface area (Å²) in [6.45, 7) is 4.09. The molecule has 0 spiro atoms. The van der Waals surface area contributed by atoms with Gasteiger partial charge in [0.15, 0.2) is 0 Å². The minimum absolute atomic E-state index is 0.347. The van der Waals surface area contributed by atoms with Crippen molar-refractivity contribution in [1.29, 1.82) is 0 Å². The van der Waals surface area contributed by atoms with Gasteiger partial charge in [-0.05, 0) is 31.4 Å². The summed E-state index contributed by atoms with van der Waals surface area (Å²) in [6, 6.07) is 4.55. The van der Waals surface area contributed by atoms with Crippen molar-refractivity contribution >= 4 is 11.3 Å². The molecule has 0 aromatic carbocycles. The number of ether oxygens (including phenoxy) is 1. The first-order valence-electron chi connectivity index (χ1n) is 7.82. The molecule has 2 aromatic rings. The molecule has 0 bridgehead atoms. The fourth-order valence-corrected chi connectivity index (χ4v) is 4.39. The Kier molecular flexibility index (Phi) is 3.80. The molecule has 2 aliphatic heterocycles. The molecule has 1 fully saturated rings. The zero-order valence-corrected chi connectivity index (χ0v) is 13.0. The third-order valence-corrected chi connectivity index (χ3v) is 5.60. The minimum Gasteiger partial charge on any atom is -0.373 e. The van der Waals surface area contributed by atoms with E-state index in [1.165, 1.54) is 40.3 Å². The van der Waals surface area contributed by atoms with Crippen LogP contribution in [0.1, 0.15) is 46.4 Å². The third-order valence-electron chi connectivity index (χ3n) is 4.44. The number of aromatic nitrogens is 2. The van der Waals surface area contributed by atoms with Crippen LogP contribution in [0.3, 0.4) is 0 Å². The summed E-state index contributed by atoms with van der Waals surface area (Å²) >= 11 is 1.93. The van der Waals surface area contributed by atoms with Gasteiger partial charge in [-0.3, -0.25) is 10.00 Å². The maximum absolute atomic E-state index is 5.89. The van der Waals surface area contributed by atoms with E-state index in [1.54, 1.807) is 0 Å². The van der Waals surface area contributed by atoms with Gasteiger partial charge >= 0.3 is 0 Å². The van der Waals surface area contributed by atoms with E-state index in [0.717, 1.165) is 32.7 Å². The van der Waals surface area contributed by atoms with Gasteiger partial charge in [-0.2, -0.15) is 5.10 Å². The fraction of sp³-hybridized carbons (Fsp3) is 0.562. The number of nitrogens with zero attached hydrogens (tertiary/aromatic N) is 2. The van der Waals surface area contributed by atoms with E-state index < -0.39 is 0 Å². The van der Waals surface area contributed by atoms with Crippen LogP contribution in [0, 0.1) is 0 Å². The Morgan fingerprint density at radius 3 is 3.29 bits per heavy atom. The summed E-state index contributed by atoms with van der Waals surface area (Å²) in [5.41, 5.74) is 2.67. The van der Waals surface area contributed by atoms with Crippen LogP contribution < -0.4 is 0 Å². The molecule has 1 N–H and O–H groups in total. The summed E-state index contributed by atoms with van der Waals surface area (Å²) in [6.07, 6.45) is 7.10. The average Bonchev–Trinajstić information content (AvgIpc) is 3.17. The van der Waals surface area contributed by atoms with E-state index in [-0.39, 0.29) is 0 Å². The molecule has 0 aliphatic carbocycles. The van der Waals surface area contributed by atoms with Crippen LogP contribution in [0.2, 0.25) is 0 Å². The van der Waals surface area contributed by atoms with Crippen molar-refractivity contribution in [2.24, 2.45) is 0 Å². The number of nitrogens with one attached hydrogen (secondary N) is 1. The van der Waals surface area contributed by atoms with E-state index in [9.17, 15) is 0 Å². The van der Waals surface area contributed by atoms with Crippen molar-refractivity contribution in [3.8, 4) is 0 Å². The first-order chi connectivity index (χ1) is 10.4. The first-order valence-corrected chi connectivity index (χ1v) is 8.64. The molecular formula is C16H21N3OS. The second kappa shape index (κ2) is 5.91. The fourth-order valence-electron chi connectivity index (χ4n) is 3.25. The monoisotopic (exact) mass is 303 g/mol. The van der Waals surface area contributed by atoms with E-state index in [0.29, 0.717) is 6.10 Å². The van der Waals surface area contributed by atoms with Crippen molar-refractivity contribution in [3.63, 3.8) is 0 Å². The van der Waals surface area contributed by atoms with Gasteiger partial charge < -0.3 is 4.74 Å². The van der Waals surface area contributed by atoms with Crippen molar-refractivity contribution < 1.29 is 4.74 Å². The molecule has 112 valence electrons. The number of aromatic amines is 1. The minimum atomic E-state index is 0.347. The van der Waals surface area contributed by atoms with Gasteiger partial charge in [0.05, 0.1) is 12.3 Å². The highest BCUT2D eigenvalue weighted by atomic mass is 32.1. The Balaban J connectivity index is 1.40. The van der Waals surface area contributed by atoms with E-state index in [1.807, 2.05) is 17.5 Å². The SMILES string of the molecule is c1cc(C2CCCCO2)sc1CN1CCc2[nH]ncc2C1. The number of thiophene rings is 1. The lowest BCUT2D eigenvalue weighted by molar-refractivity contribution is 0.0172. The zero-order valence-electron chi connectivity index (χ0n) is 12.2. The van der Waals surface area contributed by atoms with E-state index in [2.05, 4.69) is 27.2 Å². The molecule has 1 atom stereocenters. The third kappa shape index (κ3) is 2.91. The number of rotatable bonds is 3. The normalized spacial score (nSPS) is 23.1. The quantitative estimate of drug-likeness (QED) is 0.946. The molecule has 1 unspecified atom stereocenters. The topological polar surface area (TPSA) is 41.1 Å². The molecular weight excluding hydrogens is 282 g/mol. The van der Waals surface area contributed by atoms with Crippen LogP contribution in [0.4, 0.5) is 0 Å². The molecule has 1 saturated heterocycles. The number of hydrogen-bond donors (Lipinski definition) is 1. The highest BCUT2D eigenvalue weighted by Crippen LogP contribution is 2.33. The molecule has 0 saturated carbocycles. The second-order valence-electron chi connectivity index (χ2n) is 5.99. The zero-order chi connectivity index (χ0) is 14.1. The first kappa shape index (κ1) is 13.5. The van der Waals surface area contributed by atoms with Crippen LogP contribution in [-0.2, 0) is 24.2 Å². The van der Waals surface area contributed by atoms with Gasteiger partial charge in [0, 0.05) is 53.7 Å². The highest BCUT2D eigenvalue weighted by molar-refractivity contribution is 7.12. The van der Waals surface area contributed by atoms with Crippen LogP contribution in [-0.4, -0.2) is 28.2 Å². The molecule has 2 aliphatic rings. The summed E-state index contributed by atoms with van der Waals surface area (Å²) in [4.78, 5) is 5.37. The summed E-state index contributed by atoms with van der Waals surface area (Å²) in [7, 11) is 0. The van der Waals surface area contributed by atoms with Crippen LogP contribution in [0.5, 0.6) is 0 Å². The predicted octanol–water partition coefficient (Wildman–Crippen LogP) is 3.27. The van der Waals surface area contributed by atoms with Crippen molar-refractivity contribution in [1.82, 2.24) is 15.1 Å². The van der Waals surface area contributed by atoms with Gasteiger partial charge in [0.25, 0.3) is 0 Å². The molecule has 0 amide bonds. The van der Waals surface area contributed by atoms with Crippen molar-refractivity contribution in [3.05, 3.63) is 39.3 Å². The van der Waals surface area contributed by atoms with Gasteiger partial charge in [0.2, 0.25) is 0 Å². The van der Waals surface area contributed by atoms with Crippen LogP contribution in [0.25, 0.3) is 0 Å². The Morgan fingerprint density at radius 2 is 2.38 bits per heavy atom. The average molecular weight is 303 g/mol. The predicted molar refractivity (Wildman–Crippen MR) is 83.3 cm³/mol. The second-order valence-corrected chi connectivity index (χ2v) is 7.19. The Bertz CT molecular complexity index is 600. The number of fused-ring (bicyclic) bond motifs is 1. The van der Waals surface area contributed by atoms with E-state index in [4.69, 9.17) is 4.74 Å². The number of hydrogen-bond acceptors (Lipinski definition) is 4. The molecule has 5 heteroatoms. The Labute approximate surface area is 129 Å². The smallest absolute Gasteiger partial charge is 0.0916 e. The molecule has 4 nitrogen and oxygen atoms in total. The lowest BCUT2D eigenvalue weighted by Gasteiger charge is -2.25.